The molecule has 0 fully saturated rings. The van der Waals surface area contributed by atoms with Crippen molar-refractivity contribution in [2.24, 2.45) is 5.73 Å². The average Bonchev–Trinajstić information content (AvgIpc) is 1.81. The lowest BCUT2D eigenvalue weighted by atomic mass is 10.1. The van der Waals surface area contributed by atoms with Crippen LogP contribution in [0, 0.1) is 0 Å². The van der Waals surface area contributed by atoms with Gasteiger partial charge >= 0.3 is 0 Å². The van der Waals surface area contributed by atoms with Crippen molar-refractivity contribution in [2.75, 3.05) is 19.8 Å². The first-order valence-electron chi connectivity index (χ1n) is 4.71. The molecule has 0 aliphatic carbocycles. The van der Waals surface area contributed by atoms with Crippen molar-refractivity contribution in [2.45, 2.75) is 45.8 Å². The van der Waals surface area contributed by atoms with E-state index in [1.54, 1.807) is 0 Å². The van der Waals surface area contributed by atoms with E-state index in [1.165, 1.54) is 0 Å². The largest absolute Gasteiger partial charge is 0.377 e. The summed E-state index contributed by atoms with van der Waals surface area (Å²) < 4.78 is 10.8. The Morgan fingerprint density at radius 2 is 1.54 bits per heavy atom. The molecule has 0 saturated carbocycles. The van der Waals surface area contributed by atoms with Gasteiger partial charge in [-0.3, -0.25) is 0 Å². The number of ether oxygens (including phenoxy) is 2. The van der Waals surface area contributed by atoms with E-state index in [1.807, 2.05) is 34.6 Å². The molecule has 3 nitrogen and oxygen atoms in total. The van der Waals surface area contributed by atoms with Gasteiger partial charge in [-0.05, 0) is 34.6 Å². The second-order valence-electron chi connectivity index (χ2n) is 5.00. The van der Waals surface area contributed by atoms with Crippen molar-refractivity contribution in [3.05, 3.63) is 0 Å². The number of hydrogen-bond donors (Lipinski definition) is 1. The van der Waals surface area contributed by atoms with Crippen LogP contribution >= 0.6 is 0 Å². The minimum Gasteiger partial charge on any atom is -0.377 e. The predicted octanol–water partition coefficient (Wildman–Crippen LogP) is 1.56. The van der Waals surface area contributed by atoms with Gasteiger partial charge in [0.05, 0.1) is 25.4 Å². The van der Waals surface area contributed by atoms with Gasteiger partial charge in [-0.25, -0.2) is 0 Å². The van der Waals surface area contributed by atoms with Crippen LogP contribution in [-0.4, -0.2) is 31.0 Å². The molecule has 0 aromatic carbocycles. The van der Waals surface area contributed by atoms with Gasteiger partial charge in [0.1, 0.15) is 0 Å². The Balaban J connectivity index is 3.28. The Bertz CT molecular complexity index is 117. The maximum atomic E-state index is 5.74. The first-order valence-corrected chi connectivity index (χ1v) is 4.71. The first-order chi connectivity index (χ1) is 5.71. The molecule has 13 heavy (non-hydrogen) atoms. The molecular formula is C10H23NO2. The van der Waals surface area contributed by atoms with Crippen LogP contribution in [0.2, 0.25) is 0 Å². The van der Waals surface area contributed by atoms with Crippen LogP contribution in [0.25, 0.3) is 0 Å². The van der Waals surface area contributed by atoms with E-state index in [-0.39, 0.29) is 11.1 Å². The number of hydrogen-bond acceptors (Lipinski definition) is 3. The SMILES string of the molecule is CC(C)(N)COCCOC(C)(C)C. The standard InChI is InChI=1S/C10H23NO2/c1-9(2,3)13-7-6-12-8-10(4,5)11/h6-8,11H2,1-5H3. The average molecular weight is 189 g/mol. The quantitative estimate of drug-likeness (QED) is 0.667. The summed E-state index contributed by atoms with van der Waals surface area (Å²) in [5, 5.41) is 0. The monoisotopic (exact) mass is 189 g/mol. The van der Waals surface area contributed by atoms with Crippen LogP contribution in [0.3, 0.4) is 0 Å². The highest BCUT2D eigenvalue weighted by Gasteiger charge is 2.11. The lowest BCUT2D eigenvalue weighted by molar-refractivity contribution is -0.0394. The third-order valence-electron chi connectivity index (χ3n) is 1.24. The smallest absolute Gasteiger partial charge is 0.0707 e. The van der Waals surface area contributed by atoms with Crippen LogP contribution in [0.1, 0.15) is 34.6 Å². The van der Waals surface area contributed by atoms with E-state index >= 15 is 0 Å². The topological polar surface area (TPSA) is 44.5 Å². The van der Waals surface area contributed by atoms with Crippen molar-refractivity contribution in [3.63, 3.8) is 0 Å². The zero-order chi connectivity index (χ0) is 10.5. The fraction of sp³-hybridized carbons (Fsp3) is 1.00. The molecule has 0 aliphatic rings. The summed E-state index contributed by atoms with van der Waals surface area (Å²) in [5.41, 5.74) is 5.41. The number of nitrogens with two attached hydrogens (primary N) is 1. The normalized spacial score (nSPS) is 13.4. The van der Waals surface area contributed by atoms with Crippen LogP contribution in [0.5, 0.6) is 0 Å². The third-order valence-corrected chi connectivity index (χ3v) is 1.24. The zero-order valence-corrected chi connectivity index (χ0v) is 9.52. The lowest BCUT2D eigenvalue weighted by Crippen LogP contribution is -2.38. The Morgan fingerprint density at radius 3 is 1.92 bits per heavy atom. The summed E-state index contributed by atoms with van der Waals surface area (Å²) >= 11 is 0. The Hall–Kier alpha value is -0.120. The highest BCUT2D eigenvalue weighted by Crippen LogP contribution is 2.06. The highest BCUT2D eigenvalue weighted by atomic mass is 16.5. The van der Waals surface area contributed by atoms with Crippen molar-refractivity contribution >= 4 is 0 Å². The molecule has 0 rings (SSSR count). The van der Waals surface area contributed by atoms with E-state index in [9.17, 15) is 0 Å². The predicted molar refractivity (Wildman–Crippen MR) is 54.8 cm³/mol. The Kier molecular flexibility index (Phi) is 4.89. The van der Waals surface area contributed by atoms with Gasteiger partial charge in [-0.2, -0.15) is 0 Å². The summed E-state index contributed by atoms with van der Waals surface area (Å²) in [6.07, 6.45) is 0. The summed E-state index contributed by atoms with van der Waals surface area (Å²) in [7, 11) is 0. The van der Waals surface area contributed by atoms with Gasteiger partial charge in [0.25, 0.3) is 0 Å². The summed E-state index contributed by atoms with van der Waals surface area (Å²) in [4.78, 5) is 0. The fourth-order valence-electron chi connectivity index (χ4n) is 0.742. The molecule has 3 heteroatoms. The molecule has 0 aromatic heterocycles. The molecule has 0 radical (unpaired) electrons. The highest BCUT2D eigenvalue weighted by molar-refractivity contribution is 4.69. The summed E-state index contributed by atoms with van der Waals surface area (Å²) in [6.45, 7) is 11.8. The molecular weight excluding hydrogens is 166 g/mol. The van der Waals surface area contributed by atoms with Gasteiger partial charge in [-0.15, -0.1) is 0 Å². The zero-order valence-electron chi connectivity index (χ0n) is 9.52. The van der Waals surface area contributed by atoms with Gasteiger partial charge < -0.3 is 15.2 Å². The molecule has 0 heterocycles. The molecule has 0 aliphatic heterocycles. The molecule has 0 saturated heterocycles. The molecule has 0 amide bonds. The van der Waals surface area contributed by atoms with Gasteiger partial charge in [0.2, 0.25) is 0 Å². The van der Waals surface area contributed by atoms with Crippen LogP contribution in [0.15, 0.2) is 0 Å². The Morgan fingerprint density at radius 1 is 1.00 bits per heavy atom. The first kappa shape index (κ1) is 12.9. The van der Waals surface area contributed by atoms with Gasteiger partial charge in [0.15, 0.2) is 0 Å². The van der Waals surface area contributed by atoms with Gasteiger partial charge in [-0.1, -0.05) is 0 Å². The molecule has 0 atom stereocenters. The second-order valence-corrected chi connectivity index (χ2v) is 5.00. The second kappa shape index (κ2) is 4.94. The van der Waals surface area contributed by atoms with Crippen LogP contribution in [0.4, 0.5) is 0 Å². The molecule has 2 N–H and O–H groups in total. The molecule has 0 unspecified atom stereocenters. The minimum atomic E-state index is -0.248. The van der Waals surface area contributed by atoms with E-state index in [0.29, 0.717) is 19.8 Å². The molecule has 0 bridgehead atoms. The molecule has 80 valence electrons. The maximum Gasteiger partial charge on any atom is 0.0707 e. The number of rotatable bonds is 5. The Labute approximate surface area is 81.6 Å². The van der Waals surface area contributed by atoms with E-state index < -0.39 is 0 Å². The van der Waals surface area contributed by atoms with Crippen molar-refractivity contribution in [1.29, 1.82) is 0 Å². The minimum absolute atomic E-state index is 0.0818. The fourth-order valence-corrected chi connectivity index (χ4v) is 0.742. The van der Waals surface area contributed by atoms with Crippen molar-refractivity contribution < 1.29 is 9.47 Å². The lowest BCUT2D eigenvalue weighted by Gasteiger charge is -2.21. The van der Waals surface area contributed by atoms with Crippen molar-refractivity contribution in [3.8, 4) is 0 Å². The van der Waals surface area contributed by atoms with Crippen LogP contribution < -0.4 is 5.73 Å². The van der Waals surface area contributed by atoms with E-state index in [4.69, 9.17) is 15.2 Å². The van der Waals surface area contributed by atoms with Crippen molar-refractivity contribution in [1.82, 2.24) is 0 Å². The molecule has 0 aromatic rings. The van der Waals surface area contributed by atoms with E-state index in [0.717, 1.165) is 0 Å². The maximum absolute atomic E-state index is 5.74. The van der Waals surface area contributed by atoms with Gasteiger partial charge in [0, 0.05) is 5.54 Å². The van der Waals surface area contributed by atoms with Crippen LogP contribution in [-0.2, 0) is 9.47 Å². The van der Waals surface area contributed by atoms with E-state index in [2.05, 4.69) is 0 Å². The third kappa shape index (κ3) is 11.9. The molecule has 0 spiro atoms. The summed E-state index contributed by atoms with van der Waals surface area (Å²) in [6, 6.07) is 0. The summed E-state index contributed by atoms with van der Waals surface area (Å²) in [5.74, 6) is 0.